The van der Waals surface area contributed by atoms with E-state index in [2.05, 4.69) is 15.5 Å². The molecule has 1 aromatic heterocycles. The highest BCUT2D eigenvalue weighted by atomic mass is 32.2. The number of nitrogens with zero attached hydrogens (tertiary/aromatic N) is 3. The largest absolute Gasteiger partial charge is 0.493 e. The Labute approximate surface area is 192 Å². The van der Waals surface area contributed by atoms with Crippen molar-refractivity contribution in [2.24, 2.45) is 0 Å². The summed E-state index contributed by atoms with van der Waals surface area (Å²) in [6, 6.07) is 9.61. The molecule has 0 bridgehead atoms. The smallest absolute Gasteiger partial charge is 0.234 e. The Morgan fingerprint density at radius 2 is 1.72 bits per heavy atom. The number of ether oxygens (including phenoxy) is 3. The summed E-state index contributed by atoms with van der Waals surface area (Å²) in [5.74, 6) is 2.37. The van der Waals surface area contributed by atoms with E-state index < -0.39 is 0 Å². The van der Waals surface area contributed by atoms with Crippen LogP contribution in [0.2, 0.25) is 0 Å². The van der Waals surface area contributed by atoms with Gasteiger partial charge in [0.2, 0.25) is 11.7 Å². The van der Waals surface area contributed by atoms with Crippen molar-refractivity contribution in [1.29, 1.82) is 0 Å². The highest BCUT2D eigenvalue weighted by Gasteiger charge is 2.19. The summed E-state index contributed by atoms with van der Waals surface area (Å²) in [7, 11) is 4.70. The summed E-state index contributed by atoms with van der Waals surface area (Å²) in [6.07, 6.45) is 0. The molecule has 0 atom stereocenters. The first-order valence-electron chi connectivity index (χ1n) is 10.1. The van der Waals surface area contributed by atoms with E-state index in [4.69, 9.17) is 14.2 Å². The van der Waals surface area contributed by atoms with Crippen molar-refractivity contribution in [3.05, 3.63) is 41.5 Å². The average molecular weight is 457 g/mol. The summed E-state index contributed by atoms with van der Waals surface area (Å²) in [4.78, 5) is 12.5. The van der Waals surface area contributed by atoms with Crippen LogP contribution in [0.3, 0.4) is 0 Å². The number of carbonyl (C=O) groups is 1. The maximum atomic E-state index is 12.5. The minimum atomic E-state index is -0.0954. The molecule has 3 aromatic rings. The van der Waals surface area contributed by atoms with E-state index in [0.717, 1.165) is 22.4 Å². The summed E-state index contributed by atoms with van der Waals surface area (Å²) in [6.45, 7) is 6.65. The highest BCUT2D eigenvalue weighted by molar-refractivity contribution is 7.99. The van der Waals surface area contributed by atoms with Crippen LogP contribution < -0.4 is 19.5 Å². The number of nitrogens with one attached hydrogen (secondary N) is 1. The van der Waals surface area contributed by atoms with Crippen LogP contribution in [-0.2, 0) is 11.3 Å². The van der Waals surface area contributed by atoms with Gasteiger partial charge in [0.25, 0.3) is 0 Å². The number of rotatable bonds is 9. The third-order valence-corrected chi connectivity index (χ3v) is 5.91. The molecule has 9 heteroatoms. The van der Waals surface area contributed by atoms with Gasteiger partial charge >= 0.3 is 0 Å². The Bertz CT molecular complexity index is 1090. The lowest BCUT2D eigenvalue weighted by Gasteiger charge is -2.14. The molecule has 1 amide bonds. The molecule has 32 heavy (non-hydrogen) atoms. The second-order valence-corrected chi connectivity index (χ2v) is 8.06. The minimum Gasteiger partial charge on any atom is -0.493 e. The molecule has 3 rings (SSSR count). The van der Waals surface area contributed by atoms with Gasteiger partial charge < -0.3 is 24.1 Å². The average Bonchev–Trinajstić information content (AvgIpc) is 3.21. The van der Waals surface area contributed by atoms with Crippen molar-refractivity contribution < 1.29 is 19.0 Å². The fraction of sp³-hybridized carbons (Fsp3) is 0.348. The summed E-state index contributed by atoms with van der Waals surface area (Å²) in [5, 5.41) is 12.3. The molecule has 8 nitrogen and oxygen atoms in total. The number of aryl methyl sites for hydroxylation is 2. The first kappa shape index (κ1) is 23.5. The molecule has 0 fully saturated rings. The first-order valence-corrected chi connectivity index (χ1v) is 11.1. The molecular formula is C23H28N4O4S. The van der Waals surface area contributed by atoms with Gasteiger partial charge in [0, 0.05) is 17.8 Å². The van der Waals surface area contributed by atoms with E-state index in [1.807, 2.05) is 55.7 Å². The molecule has 0 aliphatic heterocycles. The van der Waals surface area contributed by atoms with Gasteiger partial charge in [0.15, 0.2) is 22.5 Å². The van der Waals surface area contributed by atoms with Gasteiger partial charge in [-0.2, -0.15) is 0 Å². The minimum absolute atomic E-state index is 0.0954. The predicted molar refractivity (Wildman–Crippen MR) is 126 cm³/mol. The number of amides is 1. The molecule has 170 valence electrons. The van der Waals surface area contributed by atoms with Crippen LogP contribution in [0.25, 0.3) is 11.4 Å². The molecule has 0 radical (unpaired) electrons. The summed E-state index contributed by atoms with van der Waals surface area (Å²) in [5.41, 5.74) is 3.78. The van der Waals surface area contributed by atoms with Gasteiger partial charge in [-0.3, -0.25) is 4.79 Å². The second kappa shape index (κ2) is 10.4. The topological polar surface area (TPSA) is 87.5 Å². The maximum absolute atomic E-state index is 12.5. The van der Waals surface area contributed by atoms with Crippen molar-refractivity contribution in [2.45, 2.75) is 32.5 Å². The van der Waals surface area contributed by atoms with Crippen LogP contribution in [0.4, 0.5) is 5.69 Å². The van der Waals surface area contributed by atoms with E-state index in [9.17, 15) is 4.79 Å². The van der Waals surface area contributed by atoms with E-state index in [0.29, 0.717) is 34.8 Å². The van der Waals surface area contributed by atoms with E-state index in [1.54, 1.807) is 21.3 Å². The predicted octanol–water partition coefficient (Wildman–Crippen LogP) is 4.34. The molecule has 0 saturated carbocycles. The van der Waals surface area contributed by atoms with Gasteiger partial charge in [-0.1, -0.05) is 29.5 Å². The third-order valence-electron chi connectivity index (χ3n) is 4.94. The second-order valence-electron chi connectivity index (χ2n) is 7.12. The maximum Gasteiger partial charge on any atom is 0.234 e. The third kappa shape index (κ3) is 4.99. The van der Waals surface area contributed by atoms with Crippen molar-refractivity contribution in [3.8, 4) is 28.6 Å². The van der Waals surface area contributed by atoms with Crippen molar-refractivity contribution in [3.63, 3.8) is 0 Å². The Morgan fingerprint density at radius 3 is 2.28 bits per heavy atom. The molecule has 0 saturated heterocycles. The van der Waals surface area contributed by atoms with Gasteiger partial charge in [-0.15, -0.1) is 10.2 Å². The lowest BCUT2D eigenvalue weighted by molar-refractivity contribution is -0.113. The fourth-order valence-corrected chi connectivity index (χ4v) is 4.18. The Balaban J connectivity index is 1.80. The summed E-state index contributed by atoms with van der Waals surface area (Å²) < 4.78 is 18.3. The van der Waals surface area contributed by atoms with Gasteiger partial charge in [-0.05, 0) is 44.5 Å². The lowest BCUT2D eigenvalue weighted by atomic mass is 10.1. The highest BCUT2D eigenvalue weighted by Crippen LogP contribution is 2.41. The zero-order valence-electron chi connectivity index (χ0n) is 19.2. The number of thioether (sulfide) groups is 1. The normalized spacial score (nSPS) is 10.7. The van der Waals surface area contributed by atoms with Crippen LogP contribution in [-0.4, -0.2) is 47.8 Å². The molecule has 0 unspecified atom stereocenters. The van der Waals surface area contributed by atoms with Crippen LogP contribution in [0, 0.1) is 13.8 Å². The number of hydrogen-bond acceptors (Lipinski definition) is 7. The number of hydrogen-bond donors (Lipinski definition) is 1. The monoisotopic (exact) mass is 456 g/mol. The van der Waals surface area contributed by atoms with Gasteiger partial charge in [0.1, 0.15) is 0 Å². The Kier molecular flexibility index (Phi) is 7.63. The van der Waals surface area contributed by atoms with Crippen LogP contribution in [0.15, 0.2) is 35.5 Å². The van der Waals surface area contributed by atoms with E-state index >= 15 is 0 Å². The van der Waals surface area contributed by atoms with Gasteiger partial charge in [-0.25, -0.2) is 0 Å². The number of aromatic nitrogens is 3. The number of methoxy groups -OCH3 is 3. The molecule has 1 heterocycles. The number of anilines is 1. The quantitative estimate of drug-likeness (QED) is 0.479. The van der Waals surface area contributed by atoms with Crippen molar-refractivity contribution >= 4 is 23.4 Å². The molecule has 2 aromatic carbocycles. The lowest BCUT2D eigenvalue weighted by Crippen LogP contribution is -2.15. The molecule has 0 aliphatic carbocycles. The Hall–Kier alpha value is -3.20. The molecule has 0 aliphatic rings. The van der Waals surface area contributed by atoms with Crippen LogP contribution in [0.5, 0.6) is 17.2 Å². The van der Waals surface area contributed by atoms with Crippen molar-refractivity contribution in [2.75, 3.05) is 32.4 Å². The molecule has 0 spiro atoms. The van der Waals surface area contributed by atoms with E-state index in [1.165, 1.54) is 11.8 Å². The summed E-state index contributed by atoms with van der Waals surface area (Å²) >= 11 is 1.34. The molecular weight excluding hydrogens is 428 g/mol. The number of benzene rings is 2. The molecule has 1 N–H and O–H groups in total. The van der Waals surface area contributed by atoms with Crippen molar-refractivity contribution in [1.82, 2.24) is 14.8 Å². The number of carbonyl (C=O) groups excluding carboxylic acids is 1. The van der Waals surface area contributed by atoms with Crippen LogP contribution >= 0.6 is 11.8 Å². The first-order chi connectivity index (χ1) is 15.4. The zero-order chi connectivity index (χ0) is 23.3. The van der Waals surface area contributed by atoms with Crippen LogP contribution in [0.1, 0.15) is 18.1 Å². The SMILES string of the molecule is CCn1c(SCC(=O)Nc2ccc(C)cc2C)nnc1-c1cc(OC)c(OC)c(OC)c1. The fourth-order valence-electron chi connectivity index (χ4n) is 3.37. The zero-order valence-corrected chi connectivity index (χ0v) is 20.0. The van der Waals surface area contributed by atoms with E-state index in [-0.39, 0.29) is 11.7 Å². The Morgan fingerprint density at radius 1 is 1.03 bits per heavy atom. The standard InChI is InChI=1S/C23H28N4O4S/c1-7-27-22(16-11-18(29-4)21(31-6)19(12-16)30-5)25-26-23(27)32-13-20(28)24-17-9-8-14(2)10-15(17)3/h8-12H,7,13H2,1-6H3,(H,24,28). The van der Waals surface area contributed by atoms with Gasteiger partial charge in [0.05, 0.1) is 27.1 Å².